The van der Waals surface area contributed by atoms with Crippen LogP contribution in [0.25, 0.3) is 0 Å². The highest BCUT2D eigenvalue weighted by Crippen LogP contribution is 2.21. The van der Waals surface area contributed by atoms with E-state index in [1.807, 2.05) is 0 Å². The topological polar surface area (TPSA) is 148 Å². The first-order valence-electron chi connectivity index (χ1n) is 19.8. The zero-order valence-electron chi connectivity index (χ0n) is 38.4. The van der Waals surface area contributed by atoms with E-state index in [4.69, 9.17) is 66.4 Å². The molecular formula is C34H83N3O15Si5. The molecule has 0 aromatic rings. The van der Waals surface area contributed by atoms with Gasteiger partial charge in [0, 0.05) is 163 Å². The summed E-state index contributed by atoms with van der Waals surface area (Å²) in [6.07, 6.45) is 4.33. The van der Waals surface area contributed by atoms with Gasteiger partial charge in [0.1, 0.15) is 0 Å². The molecule has 57 heavy (non-hydrogen) atoms. The van der Waals surface area contributed by atoms with Crippen LogP contribution in [0.3, 0.4) is 0 Å². The van der Waals surface area contributed by atoms with Crippen molar-refractivity contribution in [2.75, 3.05) is 166 Å². The first-order chi connectivity index (χ1) is 27.4. The molecule has 23 heteroatoms. The Balaban J connectivity index is 6.26. The summed E-state index contributed by atoms with van der Waals surface area (Å²) in [6.45, 7) is 7.71. The van der Waals surface area contributed by atoms with Crippen molar-refractivity contribution in [3.8, 4) is 0 Å². The summed E-state index contributed by atoms with van der Waals surface area (Å²) in [6, 6.07) is 3.58. The smallest absolute Gasteiger partial charge is 0.377 e. The van der Waals surface area contributed by atoms with Gasteiger partial charge in [-0.15, -0.1) is 0 Å². The fourth-order valence-corrected chi connectivity index (χ4v) is 15.5. The lowest BCUT2D eigenvalue weighted by Crippen LogP contribution is -2.46. The maximum atomic E-state index is 5.76. The van der Waals surface area contributed by atoms with Crippen molar-refractivity contribution in [3.05, 3.63) is 0 Å². The molecule has 0 heterocycles. The Hall–Kier alpha value is 0.364. The van der Waals surface area contributed by atoms with Crippen LogP contribution in [0, 0.1) is 0 Å². The first-order valence-corrected chi connectivity index (χ1v) is 29.5. The fourth-order valence-electron chi connectivity index (χ4n) is 6.95. The average Bonchev–Trinajstić information content (AvgIpc) is 3.26. The van der Waals surface area contributed by atoms with Crippen LogP contribution in [0.2, 0.25) is 30.2 Å². The Bertz CT molecular complexity index is 805. The lowest BCUT2D eigenvalue weighted by molar-refractivity contribution is 0.114. The molecule has 0 aromatic heterocycles. The third-order valence-electron chi connectivity index (χ3n) is 10.9. The van der Waals surface area contributed by atoms with Gasteiger partial charge in [0.05, 0.1) is 0 Å². The van der Waals surface area contributed by atoms with E-state index in [0.717, 1.165) is 115 Å². The van der Waals surface area contributed by atoms with Gasteiger partial charge < -0.3 is 81.1 Å². The van der Waals surface area contributed by atoms with E-state index in [-0.39, 0.29) is 0 Å². The van der Waals surface area contributed by atoms with Gasteiger partial charge in [-0.05, 0) is 64.8 Å². The lowest BCUT2D eigenvalue weighted by atomic mass is 10.3. The molecule has 0 aliphatic heterocycles. The first kappa shape index (κ1) is 57.4. The predicted octanol–water partition coefficient (Wildman–Crippen LogP) is 3.23. The van der Waals surface area contributed by atoms with Crippen LogP contribution in [0.15, 0.2) is 0 Å². The minimum atomic E-state index is -2.73. The Kier molecular flexibility index (Phi) is 32.3. The van der Waals surface area contributed by atoms with E-state index in [2.05, 4.69) is 14.7 Å². The van der Waals surface area contributed by atoms with Crippen molar-refractivity contribution in [2.45, 2.75) is 62.3 Å². The standard InChI is InChI=1S/C34H83N3O15Si5/c1-38-53(39-2,40-3)30-16-21-35(22-17-31-54(41-4,42-5)43-6)26-28-37(25-20-34-57(50-13,51-14)52-15)29-27-36(23-18-32-55(44-7,45-8)46-9)24-19-33-56(47-10,48-11)49-12/h16-34H2,1-15H3. The zero-order valence-corrected chi connectivity index (χ0v) is 43.4. The highest BCUT2D eigenvalue weighted by atomic mass is 28.4. The number of nitrogens with zero attached hydrogens (tertiary/aromatic N) is 3. The van der Waals surface area contributed by atoms with Gasteiger partial charge >= 0.3 is 44.0 Å². The van der Waals surface area contributed by atoms with Gasteiger partial charge in [-0.3, -0.25) is 0 Å². The molecule has 0 rings (SSSR count). The third-order valence-corrected chi connectivity index (χ3v) is 25.1. The van der Waals surface area contributed by atoms with E-state index >= 15 is 0 Å². The van der Waals surface area contributed by atoms with Crippen LogP contribution in [-0.4, -0.2) is 224 Å². The monoisotopic (exact) mass is 913 g/mol. The molecule has 0 bridgehead atoms. The van der Waals surface area contributed by atoms with Crippen molar-refractivity contribution in [1.82, 2.24) is 14.7 Å². The summed E-state index contributed by atoms with van der Waals surface area (Å²) in [5.74, 6) is 0. The van der Waals surface area contributed by atoms with E-state index < -0.39 is 44.0 Å². The molecule has 0 N–H and O–H groups in total. The molecule has 344 valence electrons. The molecule has 0 unspecified atom stereocenters. The Morgan fingerprint density at radius 3 is 0.456 bits per heavy atom. The second-order valence-electron chi connectivity index (χ2n) is 13.5. The fraction of sp³-hybridized carbons (Fsp3) is 1.00. The Morgan fingerprint density at radius 2 is 0.333 bits per heavy atom. The van der Waals surface area contributed by atoms with E-state index in [9.17, 15) is 0 Å². The van der Waals surface area contributed by atoms with Crippen molar-refractivity contribution < 1.29 is 66.4 Å². The van der Waals surface area contributed by atoms with Gasteiger partial charge in [0.25, 0.3) is 0 Å². The van der Waals surface area contributed by atoms with Crippen LogP contribution in [-0.2, 0) is 66.4 Å². The van der Waals surface area contributed by atoms with Crippen LogP contribution >= 0.6 is 0 Å². The quantitative estimate of drug-likeness (QED) is 0.0827. The SMILES string of the molecule is CO[Si](CCCN(CCC[Si](OC)(OC)OC)CCN(CCC[Si](OC)(OC)OC)CCN(CCC[Si](OC)(OC)OC)CCC[Si](OC)(OC)OC)(OC)OC. The molecule has 0 atom stereocenters. The van der Waals surface area contributed by atoms with E-state index in [0.29, 0.717) is 6.04 Å². The van der Waals surface area contributed by atoms with Gasteiger partial charge in [0.2, 0.25) is 0 Å². The molecule has 0 radical (unpaired) electrons. The maximum Gasteiger partial charge on any atom is 0.500 e. The van der Waals surface area contributed by atoms with Crippen LogP contribution in [0.4, 0.5) is 0 Å². The van der Waals surface area contributed by atoms with E-state index in [1.54, 1.807) is 107 Å². The average molecular weight is 914 g/mol. The summed E-state index contributed by atoms with van der Waals surface area (Å²) < 4.78 is 86.0. The molecule has 18 nitrogen and oxygen atoms in total. The summed E-state index contributed by atoms with van der Waals surface area (Å²) in [5, 5.41) is 0. The van der Waals surface area contributed by atoms with Crippen LogP contribution in [0.5, 0.6) is 0 Å². The minimum Gasteiger partial charge on any atom is -0.377 e. The molecular weight excluding hydrogens is 831 g/mol. The lowest BCUT2D eigenvalue weighted by Gasteiger charge is -2.33. The second-order valence-corrected chi connectivity index (χ2v) is 29.0. The van der Waals surface area contributed by atoms with Crippen LogP contribution < -0.4 is 0 Å². The minimum absolute atomic E-state index is 0.714. The molecule has 0 aromatic carbocycles. The van der Waals surface area contributed by atoms with Crippen molar-refractivity contribution in [1.29, 1.82) is 0 Å². The summed E-state index contributed by atoms with van der Waals surface area (Å²) in [4.78, 5) is 7.53. The second kappa shape index (κ2) is 32.1. The molecule has 0 aliphatic carbocycles. The largest absolute Gasteiger partial charge is 0.500 e. The molecule has 0 spiro atoms. The molecule has 0 saturated heterocycles. The molecule has 0 fully saturated rings. The van der Waals surface area contributed by atoms with Crippen molar-refractivity contribution in [3.63, 3.8) is 0 Å². The summed E-state index contributed by atoms with van der Waals surface area (Å²) in [7, 11) is 11.3. The Labute approximate surface area is 352 Å². The third kappa shape index (κ3) is 20.4. The summed E-state index contributed by atoms with van der Waals surface area (Å²) >= 11 is 0. The van der Waals surface area contributed by atoms with Crippen molar-refractivity contribution in [2.24, 2.45) is 0 Å². The van der Waals surface area contributed by atoms with Crippen LogP contribution in [0.1, 0.15) is 32.1 Å². The van der Waals surface area contributed by atoms with Gasteiger partial charge in [-0.25, -0.2) is 0 Å². The van der Waals surface area contributed by atoms with Crippen molar-refractivity contribution >= 4 is 44.0 Å². The van der Waals surface area contributed by atoms with E-state index in [1.165, 1.54) is 0 Å². The van der Waals surface area contributed by atoms with Gasteiger partial charge in [-0.1, -0.05) is 0 Å². The highest BCUT2D eigenvalue weighted by Gasteiger charge is 2.41. The molecule has 0 aliphatic rings. The van der Waals surface area contributed by atoms with Gasteiger partial charge in [0.15, 0.2) is 0 Å². The number of rotatable bonds is 41. The van der Waals surface area contributed by atoms with Gasteiger partial charge in [-0.2, -0.15) is 0 Å². The molecule has 0 amide bonds. The normalized spacial score (nSPS) is 13.6. The number of hydrogen-bond donors (Lipinski definition) is 0. The summed E-state index contributed by atoms with van der Waals surface area (Å²) in [5.41, 5.74) is 0. The highest BCUT2D eigenvalue weighted by molar-refractivity contribution is 6.62. The number of hydrogen-bond acceptors (Lipinski definition) is 18. The predicted molar refractivity (Wildman–Crippen MR) is 230 cm³/mol. The zero-order chi connectivity index (χ0) is 43.3. The molecule has 0 saturated carbocycles. The maximum absolute atomic E-state index is 5.76. The Morgan fingerprint density at radius 1 is 0.211 bits per heavy atom.